The minimum atomic E-state index is -1.22. The van der Waals surface area contributed by atoms with Gasteiger partial charge in [0.05, 0.1) is 68.1 Å². The number of rotatable bonds is 15. The largest absolute Gasteiger partial charge is 0.394 e. The Balaban J connectivity index is 1.11. The van der Waals surface area contributed by atoms with Crippen molar-refractivity contribution < 1.29 is 69.0 Å². The van der Waals surface area contributed by atoms with Crippen molar-refractivity contribution in [3.63, 3.8) is 0 Å². The lowest BCUT2D eigenvalue weighted by atomic mass is 9.53. The number of hydrogen-bond acceptors (Lipinski definition) is 14. The average Bonchev–Trinajstić information content (AvgIpc) is 3.50. The zero-order valence-electron chi connectivity index (χ0n) is 39.1. The van der Waals surface area contributed by atoms with Crippen LogP contribution in [-0.4, -0.2) is 141 Å². The van der Waals surface area contributed by atoms with Crippen LogP contribution in [0.4, 0.5) is 0 Å². The first-order valence-corrected chi connectivity index (χ1v) is 24.0. The van der Waals surface area contributed by atoms with E-state index in [1.807, 2.05) is 0 Å². The summed E-state index contributed by atoms with van der Waals surface area (Å²) in [6.45, 7) is 18.6. The summed E-state index contributed by atoms with van der Waals surface area (Å²) in [6, 6.07) is 0. The Kier molecular flexibility index (Phi) is 16.9. The number of hydrogen-bond donors (Lipinski definition) is 7. The number of ketones is 1. The molecule has 6 rings (SSSR count). The molecule has 3 saturated heterocycles. The van der Waals surface area contributed by atoms with Gasteiger partial charge in [-0.1, -0.05) is 52.3 Å². The molecule has 0 radical (unpaired) electrons. The lowest BCUT2D eigenvalue weighted by molar-refractivity contribution is -0.296. The number of fused-ring (bicyclic) bond motifs is 2. The van der Waals surface area contributed by atoms with E-state index < -0.39 is 79.9 Å². The average molecular weight is 895 g/mol. The highest BCUT2D eigenvalue weighted by atomic mass is 16.7. The van der Waals surface area contributed by atoms with Gasteiger partial charge in [0.25, 0.3) is 0 Å². The van der Waals surface area contributed by atoms with Gasteiger partial charge in [0, 0.05) is 50.4 Å². The van der Waals surface area contributed by atoms with Crippen LogP contribution in [0.2, 0.25) is 0 Å². The minimum absolute atomic E-state index is 0.00138. The highest BCUT2D eigenvalue weighted by Crippen LogP contribution is 2.66. The highest BCUT2D eigenvalue weighted by Gasteiger charge is 2.60. The zero-order chi connectivity index (χ0) is 46.1. The Morgan fingerprint density at radius 2 is 1.59 bits per heavy atom. The molecule has 3 unspecified atom stereocenters. The Morgan fingerprint density at radius 1 is 0.905 bits per heavy atom. The van der Waals surface area contributed by atoms with Gasteiger partial charge in [0.2, 0.25) is 0 Å². The number of carbonyl (C=O) groups is 1. The molecule has 0 bridgehead atoms. The summed E-state index contributed by atoms with van der Waals surface area (Å²) in [6.07, 6.45) is 3.75. The van der Waals surface area contributed by atoms with E-state index in [-0.39, 0.29) is 84.3 Å². The SMILES string of the molecule is C=C[C@@]12CCC([C@H](C)CC[C@@H](O[C@H]3C[C@@H](O)C[C@@H](CO[C@@H]4O[C@H](CO)[C@@H](O)C[C@H]4O)O3)C(C)(C)O)[C@@]1(C)CC(=O)CC1CC[C@H](O[C@H]3C[C@@H](O)C[C@@H](CO)O3)C(C)(C)/C1=C/CC2C. The van der Waals surface area contributed by atoms with Crippen LogP contribution in [0.5, 0.6) is 0 Å². The summed E-state index contributed by atoms with van der Waals surface area (Å²) in [5.41, 5.74) is -0.943. The van der Waals surface area contributed by atoms with Gasteiger partial charge in [-0.05, 0) is 93.3 Å². The molecule has 362 valence electrons. The van der Waals surface area contributed by atoms with E-state index in [1.165, 1.54) is 5.57 Å². The molecule has 0 aromatic carbocycles. The van der Waals surface area contributed by atoms with Crippen LogP contribution in [0.15, 0.2) is 24.3 Å². The first kappa shape index (κ1) is 51.0. The fourth-order valence-electron chi connectivity index (χ4n) is 12.9. The maximum Gasteiger partial charge on any atom is 0.184 e. The Labute approximate surface area is 375 Å². The molecular weight excluding hydrogens is 813 g/mol. The van der Waals surface area contributed by atoms with Gasteiger partial charge < -0.3 is 64.2 Å². The van der Waals surface area contributed by atoms with Crippen LogP contribution < -0.4 is 0 Å². The number of aliphatic hydroxyl groups is 7. The predicted molar refractivity (Wildman–Crippen MR) is 234 cm³/mol. The van der Waals surface area contributed by atoms with E-state index in [2.05, 4.69) is 53.3 Å². The molecular formula is C49H82O14. The fraction of sp³-hybridized carbons (Fsp3) is 0.898. The summed E-state index contributed by atoms with van der Waals surface area (Å²) in [4.78, 5) is 14.5. The molecule has 14 nitrogen and oxygen atoms in total. The Bertz CT molecular complexity index is 1550. The van der Waals surface area contributed by atoms with E-state index in [4.69, 9.17) is 28.4 Å². The van der Waals surface area contributed by atoms with Gasteiger partial charge in [-0.15, -0.1) is 6.58 Å². The second-order valence-corrected chi connectivity index (χ2v) is 21.7. The molecule has 0 aromatic heterocycles. The number of carbonyl (C=O) groups excluding carboxylic acids is 1. The Morgan fingerprint density at radius 3 is 2.25 bits per heavy atom. The van der Waals surface area contributed by atoms with Crippen LogP contribution in [-0.2, 0) is 33.2 Å². The fourth-order valence-corrected chi connectivity index (χ4v) is 12.9. The predicted octanol–water partition coefficient (Wildman–Crippen LogP) is 4.85. The molecule has 0 spiro atoms. The van der Waals surface area contributed by atoms with Gasteiger partial charge in [-0.3, -0.25) is 4.79 Å². The first-order chi connectivity index (χ1) is 29.6. The quantitative estimate of drug-likeness (QED) is 0.110. The molecule has 3 heterocycles. The van der Waals surface area contributed by atoms with E-state index in [0.29, 0.717) is 32.1 Å². The summed E-state index contributed by atoms with van der Waals surface area (Å²) in [5.74, 6) is 1.01. The van der Waals surface area contributed by atoms with Crippen LogP contribution >= 0.6 is 0 Å². The second kappa shape index (κ2) is 20.9. The smallest absolute Gasteiger partial charge is 0.184 e. The first-order valence-electron chi connectivity index (χ1n) is 24.0. The maximum atomic E-state index is 14.5. The zero-order valence-corrected chi connectivity index (χ0v) is 39.1. The second-order valence-electron chi connectivity index (χ2n) is 21.7. The number of ether oxygens (including phenoxy) is 6. The van der Waals surface area contributed by atoms with Crippen molar-refractivity contribution in [1.82, 2.24) is 0 Å². The minimum Gasteiger partial charge on any atom is -0.394 e. The molecule has 14 heteroatoms. The third-order valence-corrected chi connectivity index (χ3v) is 16.5. The van der Waals surface area contributed by atoms with Crippen molar-refractivity contribution in [2.24, 2.45) is 39.9 Å². The summed E-state index contributed by atoms with van der Waals surface area (Å²) in [5, 5.41) is 72.5. The molecule has 7 N–H and O–H groups in total. The summed E-state index contributed by atoms with van der Waals surface area (Å²) < 4.78 is 36.7. The molecule has 5 fully saturated rings. The standard InChI is InChI=1S/C49H82O14/c1-9-49-17-16-36(28(2)10-14-42(47(6,7)57)63-44-22-32(53)20-35(60-44)27-58-45-39(56)23-38(55)40(26-51)61-45)48(49,8)24-33(54)18-30-12-15-41(46(4,5)37(30)13-11-29(49)3)62-43-21-31(52)19-34(25-50)59-43/h9,13,28-32,34-36,38-45,50-53,55-57H,1,10-12,14-27H2,2-8H3/b37-13+/t28-,29?,30?,31+,32+,34+,35+,36?,38+,39-,40-,41+,42-,43+,44+,45-,48-,49+/m1/s1. The van der Waals surface area contributed by atoms with Crippen molar-refractivity contribution in [2.75, 3.05) is 19.8 Å². The van der Waals surface area contributed by atoms with Crippen molar-refractivity contribution in [1.29, 1.82) is 0 Å². The van der Waals surface area contributed by atoms with E-state index in [0.717, 1.165) is 38.5 Å². The third kappa shape index (κ3) is 11.3. The molecule has 2 saturated carbocycles. The van der Waals surface area contributed by atoms with Crippen LogP contribution in [0.3, 0.4) is 0 Å². The molecule has 3 aliphatic heterocycles. The van der Waals surface area contributed by atoms with Crippen molar-refractivity contribution in [3.05, 3.63) is 24.3 Å². The number of aliphatic hydroxyl groups excluding tert-OH is 6. The highest BCUT2D eigenvalue weighted by molar-refractivity contribution is 5.80. The molecule has 6 aliphatic rings. The normalized spacial score (nSPS) is 44.4. The van der Waals surface area contributed by atoms with Gasteiger partial charge in [0.15, 0.2) is 18.9 Å². The number of allylic oxidation sites excluding steroid dienone is 2. The third-order valence-electron chi connectivity index (χ3n) is 16.5. The van der Waals surface area contributed by atoms with Gasteiger partial charge in [0.1, 0.15) is 18.0 Å². The lowest BCUT2D eigenvalue weighted by Crippen LogP contribution is -2.51. The van der Waals surface area contributed by atoms with Gasteiger partial charge in [-0.25, -0.2) is 0 Å². The monoisotopic (exact) mass is 895 g/mol. The maximum absolute atomic E-state index is 14.5. The van der Waals surface area contributed by atoms with E-state index in [9.17, 15) is 40.5 Å². The van der Waals surface area contributed by atoms with Crippen molar-refractivity contribution in [2.45, 2.75) is 218 Å². The van der Waals surface area contributed by atoms with E-state index in [1.54, 1.807) is 13.8 Å². The van der Waals surface area contributed by atoms with Crippen molar-refractivity contribution >= 4 is 5.78 Å². The molecule has 3 aliphatic carbocycles. The summed E-state index contributed by atoms with van der Waals surface area (Å²) in [7, 11) is 0. The van der Waals surface area contributed by atoms with E-state index >= 15 is 0 Å². The van der Waals surface area contributed by atoms with Crippen LogP contribution in [0.25, 0.3) is 0 Å². The van der Waals surface area contributed by atoms with Crippen LogP contribution in [0, 0.1) is 39.9 Å². The topological polar surface area (TPSA) is 214 Å². The van der Waals surface area contributed by atoms with Gasteiger partial charge >= 0.3 is 0 Å². The van der Waals surface area contributed by atoms with Gasteiger partial charge in [-0.2, -0.15) is 0 Å². The van der Waals surface area contributed by atoms with Crippen LogP contribution in [0.1, 0.15) is 138 Å². The lowest BCUT2D eigenvalue weighted by Gasteiger charge is -2.52. The van der Waals surface area contributed by atoms with Crippen molar-refractivity contribution in [3.8, 4) is 0 Å². The molecule has 0 aromatic rings. The number of Topliss-reactive ketones (excluding diaryl/α,β-unsaturated/α-hetero) is 1. The summed E-state index contributed by atoms with van der Waals surface area (Å²) >= 11 is 0. The molecule has 0 amide bonds. The Hall–Kier alpha value is -1.37. The molecule has 18 atom stereocenters. The molecule has 63 heavy (non-hydrogen) atoms.